The van der Waals surface area contributed by atoms with Crippen LogP contribution < -0.4 is 5.32 Å². The first-order chi connectivity index (χ1) is 11.7. The predicted molar refractivity (Wildman–Crippen MR) is 99.1 cm³/mol. The third-order valence-electron chi connectivity index (χ3n) is 4.73. The number of aromatic nitrogens is 1. The molecule has 0 aliphatic carbocycles. The van der Waals surface area contributed by atoms with Gasteiger partial charge in [0.15, 0.2) is 0 Å². The van der Waals surface area contributed by atoms with Gasteiger partial charge in [0, 0.05) is 18.5 Å². The number of hydrogen-bond acceptors (Lipinski definition) is 5. The van der Waals surface area contributed by atoms with E-state index in [9.17, 15) is 5.11 Å². The highest BCUT2D eigenvalue weighted by Gasteiger charge is 2.21. The lowest BCUT2D eigenvalue weighted by molar-refractivity contribution is 0.0891. The van der Waals surface area contributed by atoms with Gasteiger partial charge >= 0.3 is 0 Å². The minimum absolute atomic E-state index is 0.381. The number of aryl methyl sites for hydroxylation is 1. The van der Waals surface area contributed by atoms with Gasteiger partial charge in [-0.3, -0.25) is 0 Å². The molecule has 1 saturated heterocycles. The number of β-amino-alcohol motifs (C(OH)–C–C–N with tert-alkyl or cyclic N) is 1. The van der Waals surface area contributed by atoms with E-state index in [1.165, 1.54) is 12.8 Å². The number of likely N-dealkylation sites (tertiary alicyclic amines) is 1. The van der Waals surface area contributed by atoms with E-state index in [0.717, 1.165) is 54.9 Å². The monoisotopic (exact) mass is 345 g/mol. The molecule has 24 heavy (non-hydrogen) atoms. The van der Waals surface area contributed by atoms with Crippen LogP contribution in [-0.4, -0.2) is 41.2 Å². The third-order valence-corrected chi connectivity index (χ3v) is 5.55. The van der Waals surface area contributed by atoms with Gasteiger partial charge in [0.05, 0.1) is 16.8 Å². The highest BCUT2D eigenvalue weighted by Crippen LogP contribution is 2.20. The number of nitrogens with one attached hydrogen (secondary N) is 1. The van der Waals surface area contributed by atoms with E-state index < -0.39 is 0 Å². The third kappa shape index (κ3) is 5.11. The molecule has 4 nitrogen and oxygen atoms in total. The maximum absolute atomic E-state index is 10.3. The van der Waals surface area contributed by atoms with Crippen LogP contribution in [0.4, 0.5) is 0 Å². The predicted octanol–water partition coefficient (Wildman–Crippen LogP) is 2.99. The number of thiazole rings is 1. The molecular weight excluding hydrogens is 318 g/mol. The topological polar surface area (TPSA) is 48.4 Å². The summed E-state index contributed by atoms with van der Waals surface area (Å²) in [5.41, 5.74) is 2.17. The minimum atomic E-state index is -0.381. The van der Waals surface area contributed by atoms with Crippen LogP contribution in [-0.2, 0) is 6.54 Å². The Hall–Kier alpha value is -1.27. The summed E-state index contributed by atoms with van der Waals surface area (Å²) in [6.45, 7) is 6.87. The van der Waals surface area contributed by atoms with Crippen LogP contribution in [0.25, 0.3) is 0 Å². The number of piperidine rings is 1. The van der Waals surface area contributed by atoms with Crippen LogP contribution in [0.2, 0.25) is 0 Å². The molecule has 1 aromatic carbocycles. The molecular formula is C19H27N3OS. The van der Waals surface area contributed by atoms with Crippen molar-refractivity contribution in [3.63, 3.8) is 0 Å². The van der Waals surface area contributed by atoms with Crippen molar-refractivity contribution in [1.29, 1.82) is 0 Å². The largest absolute Gasteiger partial charge is 0.387 e. The molecule has 0 amide bonds. The van der Waals surface area contributed by atoms with Crippen LogP contribution in [0.3, 0.4) is 0 Å². The van der Waals surface area contributed by atoms with Crippen LogP contribution in [0.5, 0.6) is 0 Å². The lowest BCUT2D eigenvalue weighted by Gasteiger charge is -2.33. The SMILES string of the molecule is Cc1nc(CNCC2CCN(C[C@@H](O)c3ccccc3)CC2)cs1. The Morgan fingerprint density at radius 2 is 2.04 bits per heavy atom. The van der Waals surface area contributed by atoms with Crippen LogP contribution in [0.1, 0.15) is 35.2 Å². The van der Waals surface area contributed by atoms with Gasteiger partial charge in [-0.05, 0) is 50.9 Å². The van der Waals surface area contributed by atoms with E-state index in [1.807, 2.05) is 37.3 Å². The Balaban J connectivity index is 1.35. The molecule has 5 heteroatoms. The molecule has 0 spiro atoms. The maximum Gasteiger partial charge on any atom is 0.0916 e. The Morgan fingerprint density at radius 1 is 1.29 bits per heavy atom. The molecule has 1 aromatic heterocycles. The molecule has 0 radical (unpaired) electrons. The zero-order valence-electron chi connectivity index (χ0n) is 14.3. The molecule has 1 atom stereocenters. The molecule has 1 fully saturated rings. The number of aliphatic hydroxyl groups excluding tert-OH is 1. The standard InChI is InChI=1S/C19H27N3OS/c1-15-21-18(14-24-15)12-20-11-16-7-9-22(10-8-16)13-19(23)17-5-3-2-4-6-17/h2-6,14,16,19-20,23H,7-13H2,1H3/t19-/m1/s1. The van der Waals surface area contributed by atoms with E-state index in [0.29, 0.717) is 0 Å². The quantitative estimate of drug-likeness (QED) is 0.810. The molecule has 2 heterocycles. The molecule has 1 aliphatic heterocycles. The van der Waals surface area contributed by atoms with Crippen molar-refractivity contribution in [3.8, 4) is 0 Å². The Bertz CT molecular complexity index is 608. The van der Waals surface area contributed by atoms with Crippen molar-refractivity contribution in [2.75, 3.05) is 26.2 Å². The van der Waals surface area contributed by atoms with Crippen molar-refractivity contribution < 1.29 is 5.11 Å². The molecule has 130 valence electrons. The lowest BCUT2D eigenvalue weighted by Crippen LogP contribution is -2.39. The molecule has 0 saturated carbocycles. The molecule has 0 unspecified atom stereocenters. The van der Waals surface area contributed by atoms with Gasteiger partial charge in [0.1, 0.15) is 0 Å². The van der Waals surface area contributed by atoms with Gasteiger partial charge in [-0.2, -0.15) is 0 Å². The average molecular weight is 346 g/mol. The summed E-state index contributed by atoms with van der Waals surface area (Å²) >= 11 is 1.71. The highest BCUT2D eigenvalue weighted by molar-refractivity contribution is 7.09. The molecule has 2 N–H and O–H groups in total. The normalized spacial score (nSPS) is 17.9. The fraction of sp³-hybridized carbons (Fsp3) is 0.526. The minimum Gasteiger partial charge on any atom is -0.387 e. The number of hydrogen-bond donors (Lipinski definition) is 2. The first-order valence-corrected chi connectivity index (χ1v) is 9.66. The number of benzene rings is 1. The first-order valence-electron chi connectivity index (χ1n) is 8.78. The van der Waals surface area contributed by atoms with Crippen LogP contribution in [0.15, 0.2) is 35.7 Å². The van der Waals surface area contributed by atoms with Gasteiger partial charge < -0.3 is 15.3 Å². The molecule has 0 bridgehead atoms. The maximum atomic E-state index is 10.3. The van der Waals surface area contributed by atoms with Crippen molar-refractivity contribution in [2.45, 2.75) is 32.4 Å². The summed E-state index contributed by atoms with van der Waals surface area (Å²) in [6.07, 6.45) is 2.02. The van der Waals surface area contributed by atoms with E-state index in [1.54, 1.807) is 11.3 Å². The van der Waals surface area contributed by atoms with Crippen molar-refractivity contribution in [2.24, 2.45) is 5.92 Å². The second-order valence-electron chi connectivity index (χ2n) is 6.66. The van der Waals surface area contributed by atoms with E-state index in [4.69, 9.17) is 0 Å². The summed E-state index contributed by atoms with van der Waals surface area (Å²) in [4.78, 5) is 6.87. The summed E-state index contributed by atoms with van der Waals surface area (Å²) < 4.78 is 0. The van der Waals surface area contributed by atoms with Gasteiger partial charge in [-0.15, -0.1) is 11.3 Å². The van der Waals surface area contributed by atoms with Gasteiger partial charge in [-0.1, -0.05) is 30.3 Å². The van der Waals surface area contributed by atoms with Gasteiger partial charge in [-0.25, -0.2) is 4.98 Å². The fourth-order valence-corrected chi connectivity index (χ4v) is 3.90. The Labute approximate surface area is 148 Å². The molecule has 3 rings (SSSR count). The highest BCUT2D eigenvalue weighted by atomic mass is 32.1. The lowest BCUT2D eigenvalue weighted by atomic mass is 9.96. The Morgan fingerprint density at radius 3 is 2.71 bits per heavy atom. The van der Waals surface area contributed by atoms with Gasteiger partial charge in [0.2, 0.25) is 0 Å². The zero-order valence-corrected chi connectivity index (χ0v) is 15.1. The van der Waals surface area contributed by atoms with E-state index in [2.05, 4.69) is 20.6 Å². The second-order valence-corrected chi connectivity index (χ2v) is 7.72. The average Bonchev–Trinajstić information content (AvgIpc) is 3.02. The fourth-order valence-electron chi connectivity index (χ4n) is 3.29. The number of rotatable bonds is 7. The van der Waals surface area contributed by atoms with Crippen molar-refractivity contribution >= 4 is 11.3 Å². The van der Waals surface area contributed by atoms with Crippen molar-refractivity contribution in [3.05, 3.63) is 52.0 Å². The summed E-state index contributed by atoms with van der Waals surface area (Å²) in [7, 11) is 0. The number of nitrogens with zero attached hydrogens (tertiary/aromatic N) is 2. The zero-order chi connectivity index (χ0) is 16.8. The van der Waals surface area contributed by atoms with Gasteiger partial charge in [0.25, 0.3) is 0 Å². The van der Waals surface area contributed by atoms with Crippen LogP contribution >= 0.6 is 11.3 Å². The smallest absolute Gasteiger partial charge is 0.0916 e. The first kappa shape index (κ1) is 17.5. The Kier molecular flexibility index (Phi) is 6.37. The van der Waals surface area contributed by atoms with Crippen LogP contribution in [0, 0.1) is 12.8 Å². The summed E-state index contributed by atoms with van der Waals surface area (Å²) in [6, 6.07) is 9.96. The molecule has 2 aromatic rings. The van der Waals surface area contributed by atoms with Crippen molar-refractivity contribution in [1.82, 2.24) is 15.2 Å². The summed E-state index contributed by atoms with van der Waals surface area (Å²) in [5.74, 6) is 0.731. The van der Waals surface area contributed by atoms with E-state index >= 15 is 0 Å². The number of aliphatic hydroxyl groups is 1. The molecule has 1 aliphatic rings. The van der Waals surface area contributed by atoms with E-state index in [-0.39, 0.29) is 6.10 Å². The second kappa shape index (κ2) is 8.72. The summed E-state index contributed by atoms with van der Waals surface area (Å²) in [5, 5.41) is 17.2.